The van der Waals surface area contributed by atoms with Gasteiger partial charge in [-0.25, -0.2) is 4.98 Å². The molecule has 4 nitrogen and oxygen atoms in total. The second-order valence-electron chi connectivity index (χ2n) is 3.95. The highest BCUT2D eigenvalue weighted by Gasteiger charge is 2.10. The molecule has 6 heteroatoms. The molecule has 0 unspecified atom stereocenters. The lowest BCUT2D eigenvalue weighted by atomic mass is 10.3. The van der Waals surface area contributed by atoms with Gasteiger partial charge in [-0.05, 0) is 25.1 Å². The van der Waals surface area contributed by atoms with Gasteiger partial charge in [-0.15, -0.1) is 0 Å². The Balaban J connectivity index is 2.35. The highest BCUT2D eigenvalue weighted by molar-refractivity contribution is 6.37. The predicted octanol–water partition coefficient (Wildman–Crippen LogP) is 4.57. The molecule has 0 atom stereocenters. The van der Waals surface area contributed by atoms with Crippen molar-refractivity contribution in [3.8, 4) is 5.75 Å². The molecule has 0 aliphatic carbocycles. The fraction of sp³-hybridized carbons (Fsp3) is 0.214. The molecule has 1 aromatic carbocycles. The van der Waals surface area contributed by atoms with Crippen molar-refractivity contribution in [2.24, 2.45) is 0 Å². The van der Waals surface area contributed by atoms with Crippen LogP contribution in [0, 0.1) is 0 Å². The third-order valence-corrected chi connectivity index (χ3v) is 3.18. The first-order chi connectivity index (χ1) is 9.65. The zero-order valence-electron chi connectivity index (χ0n) is 11.2. The number of anilines is 3. The second kappa shape index (κ2) is 6.68. The van der Waals surface area contributed by atoms with Crippen molar-refractivity contribution in [1.29, 1.82) is 0 Å². The summed E-state index contributed by atoms with van der Waals surface area (Å²) >= 11 is 12.2. The Morgan fingerprint density at radius 3 is 2.55 bits per heavy atom. The Bertz CT molecular complexity index is 605. The van der Waals surface area contributed by atoms with Gasteiger partial charge in [-0.1, -0.05) is 35.3 Å². The maximum absolute atomic E-state index is 6.16. The molecule has 20 heavy (non-hydrogen) atoms. The van der Waals surface area contributed by atoms with Gasteiger partial charge in [-0.3, -0.25) is 0 Å². The Morgan fingerprint density at radius 2 is 1.85 bits per heavy atom. The summed E-state index contributed by atoms with van der Waals surface area (Å²) < 4.78 is 5.55. The van der Waals surface area contributed by atoms with Crippen molar-refractivity contribution in [3.05, 3.63) is 40.4 Å². The molecule has 0 spiro atoms. The van der Waals surface area contributed by atoms with Crippen LogP contribution in [0.3, 0.4) is 0 Å². The van der Waals surface area contributed by atoms with Crippen LogP contribution in [0.2, 0.25) is 10.0 Å². The van der Waals surface area contributed by atoms with Crippen molar-refractivity contribution >= 4 is 40.5 Å². The van der Waals surface area contributed by atoms with E-state index in [2.05, 4.69) is 15.6 Å². The Morgan fingerprint density at radius 1 is 1.15 bits per heavy atom. The predicted molar refractivity (Wildman–Crippen MR) is 84.7 cm³/mol. The number of nitrogens with zero attached hydrogens (tertiary/aromatic N) is 1. The minimum Gasteiger partial charge on any atom is -0.492 e. The largest absolute Gasteiger partial charge is 0.492 e. The normalized spacial score (nSPS) is 10.2. The van der Waals surface area contributed by atoms with Gasteiger partial charge in [0, 0.05) is 7.05 Å². The number of nitrogens with one attached hydrogen (secondary N) is 2. The van der Waals surface area contributed by atoms with Crippen molar-refractivity contribution < 1.29 is 4.74 Å². The lowest BCUT2D eigenvalue weighted by Gasteiger charge is -2.14. The topological polar surface area (TPSA) is 46.2 Å². The van der Waals surface area contributed by atoms with Gasteiger partial charge in [0.2, 0.25) is 0 Å². The number of rotatable bonds is 5. The van der Waals surface area contributed by atoms with E-state index in [4.69, 9.17) is 27.9 Å². The summed E-state index contributed by atoms with van der Waals surface area (Å²) in [5.74, 6) is 1.83. The number of hydrogen-bond donors (Lipinski definition) is 2. The molecule has 0 saturated heterocycles. The van der Waals surface area contributed by atoms with E-state index in [1.54, 1.807) is 13.1 Å². The summed E-state index contributed by atoms with van der Waals surface area (Å²) in [6.45, 7) is 2.52. The maximum Gasteiger partial charge on any atom is 0.151 e. The average Bonchev–Trinajstić information content (AvgIpc) is 2.44. The van der Waals surface area contributed by atoms with Crippen LogP contribution < -0.4 is 15.4 Å². The molecule has 0 radical (unpaired) electrons. The van der Waals surface area contributed by atoms with E-state index < -0.39 is 0 Å². The van der Waals surface area contributed by atoms with Crippen LogP contribution in [0.15, 0.2) is 30.3 Å². The summed E-state index contributed by atoms with van der Waals surface area (Å²) in [6, 6.07) is 9.25. The van der Waals surface area contributed by atoms with Crippen molar-refractivity contribution in [1.82, 2.24) is 4.98 Å². The number of ether oxygens (including phenoxy) is 1. The molecule has 0 aliphatic rings. The molecule has 0 saturated carbocycles. The van der Waals surface area contributed by atoms with E-state index >= 15 is 0 Å². The van der Waals surface area contributed by atoms with Gasteiger partial charge in [0.15, 0.2) is 5.82 Å². The zero-order valence-corrected chi connectivity index (χ0v) is 12.7. The van der Waals surface area contributed by atoms with Crippen LogP contribution in [0.5, 0.6) is 5.75 Å². The van der Waals surface area contributed by atoms with Crippen LogP contribution in [0.1, 0.15) is 6.92 Å². The second-order valence-corrected chi connectivity index (χ2v) is 4.77. The highest BCUT2D eigenvalue weighted by Crippen LogP contribution is 2.33. The van der Waals surface area contributed by atoms with Gasteiger partial charge in [0.25, 0.3) is 0 Å². The molecule has 0 bridgehead atoms. The third-order valence-electron chi connectivity index (χ3n) is 2.61. The fourth-order valence-corrected chi connectivity index (χ4v) is 2.21. The van der Waals surface area contributed by atoms with Gasteiger partial charge >= 0.3 is 0 Å². The summed E-state index contributed by atoms with van der Waals surface area (Å²) in [5, 5.41) is 6.99. The minimum absolute atomic E-state index is 0.445. The van der Waals surface area contributed by atoms with Crippen molar-refractivity contribution in [3.63, 3.8) is 0 Å². The smallest absolute Gasteiger partial charge is 0.151 e. The van der Waals surface area contributed by atoms with Crippen molar-refractivity contribution in [2.45, 2.75) is 6.92 Å². The molecule has 0 aliphatic heterocycles. The van der Waals surface area contributed by atoms with Crippen LogP contribution in [0.4, 0.5) is 17.3 Å². The molecule has 0 amide bonds. The SMILES string of the molecule is CCOc1ccccc1Nc1nc(NC)c(Cl)cc1Cl. The van der Waals surface area contributed by atoms with Crippen LogP contribution in [-0.4, -0.2) is 18.6 Å². The van der Waals surface area contributed by atoms with E-state index in [0.29, 0.717) is 28.3 Å². The maximum atomic E-state index is 6.16. The number of para-hydroxylation sites is 2. The lowest BCUT2D eigenvalue weighted by molar-refractivity contribution is 0.342. The van der Waals surface area contributed by atoms with Crippen LogP contribution >= 0.6 is 23.2 Å². The molecule has 1 heterocycles. The number of benzene rings is 1. The fourth-order valence-electron chi connectivity index (χ4n) is 1.71. The Labute approximate surface area is 128 Å². The first-order valence-corrected chi connectivity index (χ1v) is 6.94. The molecular weight excluding hydrogens is 297 g/mol. The van der Waals surface area contributed by atoms with Gasteiger partial charge in [-0.2, -0.15) is 0 Å². The Kier molecular flexibility index (Phi) is 4.93. The zero-order chi connectivity index (χ0) is 14.5. The number of pyridine rings is 1. The monoisotopic (exact) mass is 311 g/mol. The number of hydrogen-bond acceptors (Lipinski definition) is 4. The summed E-state index contributed by atoms with van der Waals surface area (Å²) in [7, 11) is 1.75. The first kappa shape index (κ1) is 14.8. The molecule has 2 aromatic rings. The summed E-state index contributed by atoms with van der Waals surface area (Å²) in [6.07, 6.45) is 0. The quantitative estimate of drug-likeness (QED) is 0.849. The van der Waals surface area contributed by atoms with Crippen LogP contribution in [0.25, 0.3) is 0 Å². The third kappa shape index (κ3) is 3.26. The summed E-state index contributed by atoms with van der Waals surface area (Å²) in [4.78, 5) is 4.35. The van der Waals surface area contributed by atoms with E-state index in [9.17, 15) is 0 Å². The van der Waals surface area contributed by atoms with E-state index in [1.165, 1.54) is 0 Å². The molecule has 106 valence electrons. The van der Waals surface area contributed by atoms with Gasteiger partial charge in [0.05, 0.1) is 22.3 Å². The highest BCUT2D eigenvalue weighted by atomic mass is 35.5. The lowest BCUT2D eigenvalue weighted by Crippen LogP contribution is -2.02. The standard InChI is InChI=1S/C14H15Cl2N3O/c1-3-20-12-7-5-4-6-11(12)18-14-10(16)8-9(15)13(17-2)19-14/h4-8H,3H2,1-2H3,(H2,17,18,19). The van der Waals surface area contributed by atoms with Crippen LogP contribution in [-0.2, 0) is 0 Å². The first-order valence-electron chi connectivity index (χ1n) is 6.18. The molecule has 2 N–H and O–H groups in total. The molecular formula is C14H15Cl2N3O. The number of halogens is 2. The molecule has 1 aromatic heterocycles. The van der Waals surface area contributed by atoms with Gasteiger partial charge < -0.3 is 15.4 Å². The van der Waals surface area contributed by atoms with Crippen molar-refractivity contribution in [2.75, 3.05) is 24.3 Å². The molecule has 2 rings (SSSR count). The number of aromatic nitrogens is 1. The molecule has 0 fully saturated rings. The summed E-state index contributed by atoms with van der Waals surface area (Å²) in [5.41, 5.74) is 0.799. The average molecular weight is 312 g/mol. The van der Waals surface area contributed by atoms with E-state index in [-0.39, 0.29) is 0 Å². The minimum atomic E-state index is 0.445. The van der Waals surface area contributed by atoms with Gasteiger partial charge in [0.1, 0.15) is 11.6 Å². The van der Waals surface area contributed by atoms with E-state index in [1.807, 2.05) is 31.2 Å². The van der Waals surface area contributed by atoms with E-state index in [0.717, 1.165) is 11.4 Å². The Hall–Kier alpha value is -1.65.